The van der Waals surface area contributed by atoms with Crippen molar-refractivity contribution in [3.05, 3.63) is 64.7 Å². The van der Waals surface area contributed by atoms with E-state index < -0.39 is 41.7 Å². The molecule has 39 heavy (non-hydrogen) atoms. The Balaban J connectivity index is 1.61. The Labute approximate surface area is 227 Å². The van der Waals surface area contributed by atoms with Crippen LogP contribution < -0.4 is 5.32 Å². The number of carbonyl (C=O) groups excluding carboxylic acids is 3. The van der Waals surface area contributed by atoms with E-state index in [1.807, 2.05) is 45.9 Å². The maximum absolute atomic E-state index is 13.8. The minimum absolute atomic E-state index is 0.139. The molecule has 4 amide bonds. The van der Waals surface area contributed by atoms with Gasteiger partial charge in [-0.3, -0.25) is 14.5 Å². The minimum Gasteiger partial charge on any atom is -0.324 e. The molecule has 0 aromatic heterocycles. The van der Waals surface area contributed by atoms with Crippen LogP contribution in [0, 0.1) is 0 Å². The Morgan fingerprint density at radius 1 is 0.949 bits per heavy atom. The van der Waals surface area contributed by atoms with Crippen LogP contribution in [0.15, 0.2) is 42.5 Å². The molecule has 0 radical (unpaired) electrons. The number of carbonyl (C=O) groups is 3. The van der Waals surface area contributed by atoms with Gasteiger partial charge in [0, 0.05) is 12.2 Å². The second kappa shape index (κ2) is 11.0. The van der Waals surface area contributed by atoms with Crippen molar-refractivity contribution >= 4 is 23.5 Å². The van der Waals surface area contributed by atoms with Gasteiger partial charge in [-0.15, -0.1) is 0 Å². The maximum atomic E-state index is 13.8. The van der Waals surface area contributed by atoms with E-state index in [4.69, 9.17) is 0 Å². The van der Waals surface area contributed by atoms with Gasteiger partial charge in [0.1, 0.15) is 12.1 Å². The molecule has 0 atom stereocenters. The van der Waals surface area contributed by atoms with Gasteiger partial charge in [0.2, 0.25) is 5.91 Å². The van der Waals surface area contributed by atoms with Crippen LogP contribution >= 0.6 is 0 Å². The molecule has 0 unspecified atom stereocenters. The highest BCUT2D eigenvalue weighted by molar-refractivity contribution is 6.10. The molecule has 2 fully saturated rings. The van der Waals surface area contributed by atoms with Crippen LogP contribution in [-0.4, -0.2) is 39.7 Å². The number of para-hydroxylation sites is 1. The van der Waals surface area contributed by atoms with Gasteiger partial charge in [-0.05, 0) is 53.5 Å². The smallest absolute Gasteiger partial charge is 0.324 e. The lowest BCUT2D eigenvalue weighted by molar-refractivity contribution is -0.138. The number of amides is 4. The molecule has 4 rings (SSSR count). The van der Waals surface area contributed by atoms with Crippen molar-refractivity contribution < 1.29 is 27.6 Å². The predicted molar refractivity (Wildman–Crippen MR) is 143 cm³/mol. The van der Waals surface area contributed by atoms with Gasteiger partial charge in [-0.25, -0.2) is 4.79 Å². The first kappa shape index (κ1) is 28.6. The summed E-state index contributed by atoms with van der Waals surface area (Å²) in [7, 11) is 0. The Morgan fingerprint density at radius 2 is 1.54 bits per heavy atom. The Hall–Kier alpha value is -3.36. The van der Waals surface area contributed by atoms with Crippen LogP contribution in [0.4, 0.5) is 23.7 Å². The third-order valence-electron chi connectivity index (χ3n) is 7.84. The van der Waals surface area contributed by atoms with Crippen molar-refractivity contribution in [2.24, 2.45) is 0 Å². The SMILES string of the molecule is CC(C)c1cccc(C(C)C)c1NC(=O)CN1C(=O)N(Cc2cccc(C(F)(F)F)c2)C2(CCCCC2)C1=O. The summed E-state index contributed by atoms with van der Waals surface area (Å²) in [6.45, 7) is 7.52. The molecule has 1 saturated carbocycles. The van der Waals surface area contributed by atoms with E-state index in [1.54, 1.807) is 0 Å². The monoisotopic (exact) mass is 543 g/mol. The first-order valence-electron chi connectivity index (χ1n) is 13.6. The fourth-order valence-electron chi connectivity index (χ4n) is 5.81. The highest BCUT2D eigenvalue weighted by Gasteiger charge is 2.57. The van der Waals surface area contributed by atoms with Crippen molar-refractivity contribution in [3.63, 3.8) is 0 Å². The van der Waals surface area contributed by atoms with E-state index in [0.29, 0.717) is 18.5 Å². The number of benzene rings is 2. The quantitative estimate of drug-likeness (QED) is 0.380. The molecule has 2 aromatic rings. The second-order valence-corrected chi connectivity index (χ2v) is 11.2. The van der Waals surface area contributed by atoms with E-state index in [9.17, 15) is 27.6 Å². The molecule has 1 aliphatic carbocycles. The number of imide groups is 1. The van der Waals surface area contributed by atoms with Crippen LogP contribution in [0.25, 0.3) is 0 Å². The summed E-state index contributed by atoms with van der Waals surface area (Å²) < 4.78 is 40.0. The summed E-state index contributed by atoms with van der Waals surface area (Å²) in [5.41, 5.74) is 0.946. The first-order chi connectivity index (χ1) is 18.3. The van der Waals surface area contributed by atoms with Gasteiger partial charge >= 0.3 is 12.2 Å². The fraction of sp³-hybridized carbons (Fsp3) is 0.500. The van der Waals surface area contributed by atoms with Crippen LogP contribution in [0.1, 0.15) is 93.9 Å². The van der Waals surface area contributed by atoms with Crippen molar-refractivity contribution in [2.45, 2.75) is 89.9 Å². The number of nitrogens with zero attached hydrogens (tertiary/aromatic N) is 2. The second-order valence-electron chi connectivity index (χ2n) is 11.2. The number of anilines is 1. The zero-order valence-corrected chi connectivity index (χ0v) is 22.9. The van der Waals surface area contributed by atoms with Gasteiger partial charge in [0.05, 0.1) is 5.56 Å². The molecule has 1 heterocycles. The standard InChI is InChI=1S/C30H36F3N3O3/c1-19(2)23-12-9-13-24(20(3)4)26(23)34-25(37)18-35-27(38)29(14-6-5-7-15-29)36(28(35)39)17-21-10-8-11-22(16-21)30(31,32)33/h8-13,16,19-20H,5-7,14-15,17-18H2,1-4H3,(H,34,37). The molecule has 0 bridgehead atoms. The van der Waals surface area contributed by atoms with Crippen molar-refractivity contribution in [2.75, 3.05) is 11.9 Å². The van der Waals surface area contributed by atoms with Crippen LogP contribution in [0.5, 0.6) is 0 Å². The van der Waals surface area contributed by atoms with Gasteiger partial charge < -0.3 is 10.2 Å². The average Bonchev–Trinajstić information content (AvgIpc) is 3.05. The lowest BCUT2D eigenvalue weighted by Gasteiger charge is -2.38. The van der Waals surface area contributed by atoms with Gasteiger partial charge in [-0.2, -0.15) is 13.2 Å². The molecule has 2 aliphatic rings. The number of alkyl halides is 3. The van der Waals surface area contributed by atoms with E-state index in [2.05, 4.69) is 5.32 Å². The van der Waals surface area contributed by atoms with Crippen LogP contribution in [0.3, 0.4) is 0 Å². The van der Waals surface area contributed by atoms with E-state index in [-0.39, 0.29) is 23.9 Å². The summed E-state index contributed by atoms with van der Waals surface area (Å²) in [6.07, 6.45) is -1.33. The zero-order valence-electron chi connectivity index (χ0n) is 22.9. The molecule has 6 nitrogen and oxygen atoms in total. The molecular weight excluding hydrogens is 507 g/mol. The molecule has 9 heteroatoms. The Bertz CT molecular complexity index is 1220. The summed E-state index contributed by atoms with van der Waals surface area (Å²) in [4.78, 5) is 43.1. The van der Waals surface area contributed by atoms with Crippen LogP contribution in [-0.2, 0) is 22.3 Å². The van der Waals surface area contributed by atoms with Gasteiger partial charge in [0.15, 0.2) is 0 Å². The minimum atomic E-state index is -4.52. The maximum Gasteiger partial charge on any atom is 0.416 e. The van der Waals surface area contributed by atoms with E-state index >= 15 is 0 Å². The Kier molecular flexibility index (Phi) is 8.09. The topological polar surface area (TPSA) is 69.7 Å². The summed E-state index contributed by atoms with van der Waals surface area (Å²) >= 11 is 0. The molecule has 2 aromatic carbocycles. The number of hydrogen-bond acceptors (Lipinski definition) is 3. The number of rotatable bonds is 7. The molecule has 1 aliphatic heterocycles. The zero-order chi connectivity index (χ0) is 28.5. The number of halogens is 3. The van der Waals surface area contributed by atoms with Crippen molar-refractivity contribution in [1.29, 1.82) is 0 Å². The van der Waals surface area contributed by atoms with Crippen LogP contribution in [0.2, 0.25) is 0 Å². The molecule has 1 N–H and O–H groups in total. The van der Waals surface area contributed by atoms with Gasteiger partial charge in [0.25, 0.3) is 5.91 Å². The van der Waals surface area contributed by atoms with Crippen molar-refractivity contribution in [3.8, 4) is 0 Å². The molecular formula is C30H36F3N3O3. The van der Waals surface area contributed by atoms with Crippen molar-refractivity contribution in [1.82, 2.24) is 9.80 Å². The molecule has 1 spiro atoms. The first-order valence-corrected chi connectivity index (χ1v) is 13.6. The molecule has 210 valence electrons. The third kappa shape index (κ3) is 5.68. The number of urea groups is 1. The van der Waals surface area contributed by atoms with Gasteiger partial charge in [-0.1, -0.05) is 77.3 Å². The summed E-state index contributed by atoms with van der Waals surface area (Å²) in [5.74, 6) is -0.654. The average molecular weight is 544 g/mol. The molecule has 1 saturated heterocycles. The highest BCUT2D eigenvalue weighted by atomic mass is 19.4. The normalized spacial score (nSPS) is 17.6. The summed E-state index contributed by atoms with van der Waals surface area (Å²) in [6, 6.07) is 10.0. The summed E-state index contributed by atoms with van der Waals surface area (Å²) in [5, 5.41) is 2.96. The largest absolute Gasteiger partial charge is 0.416 e. The van der Waals surface area contributed by atoms with E-state index in [0.717, 1.165) is 47.4 Å². The lowest BCUT2D eigenvalue weighted by Crippen LogP contribution is -2.50. The number of nitrogens with one attached hydrogen (secondary N) is 1. The Morgan fingerprint density at radius 3 is 2.10 bits per heavy atom. The number of hydrogen-bond donors (Lipinski definition) is 1. The van der Waals surface area contributed by atoms with E-state index in [1.165, 1.54) is 17.0 Å². The fourth-order valence-corrected chi connectivity index (χ4v) is 5.81. The highest BCUT2D eigenvalue weighted by Crippen LogP contribution is 2.42. The lowest BCUT2D eigenvalue weighted by atomic mass is 9.80. The predicted octanol–water partition coefficient (Wildman–Crippen LogP) is 7.06. The third-order valence-corrected chi connectivity index (χ3v) is 7.84.